The summed E-state index contributed by atoms with van der Waals surface area (Å²) in [7, 11) is -2.10. The lowest BCUT2D eigenvalue weighted by Gasteiger charge is -2.17. The van der Waals surface area contributed by atoms with E-state index in [4.69, 9.17) is 0 Å². The standard InChI is InChI=1S/C17H20FN3O3S2/c1-19-26(23,24)15-7-6-14(25-15)10-20-16(22)21-11-17(8-9-17)12-2-4-13(18)5-3-12/h2-7,19H,8-11H2,1H3,(H2,20,21,22). The molecule has 2 amide bonds. The Balaban J connectivity index is 1.50. The summed E-state index contributed by atoms with van der Waals surface area (Å²) in [5, 5.41) is 5.58. The molecular formula is C17H20FN3O3S2. The SMILES string of the molecule is CNS(=O)(=O)c1ccc(CNC(=O)NCC2(c3ccc(F)cc3)CC2)s1. The Hall–Kier alpha value is -1.97. The van der Waals surface area contributed by atoms with E-state index in [-0.39, 0.29) is 28.0 Å². The van der Waals surface area contributed by atoms with Gasteiger partial charge in [-0.05, 0) is 49.7 Å². The monoisotopic (exact) mass is 397 g/mol. The summed E-state index contributed by atoms with van der Waals surface area (Å²) in [6.45, 7) is 0.730. The normalized spacial score (nSPS) is 15.5. The molecule has 3 rings (SSSR count). The fourth-order valence-electron chi connectivity index (χ4n) is 2.70. The minimum absolute atomic E-state index is 0.109. The van der Waals surface area contributed by atoms with E-state index in [1.54, 1.807) is 18.2 Å². The molecule has 0 aliphatic heterocycles. The zero-order chi connectivity index (χ0) is 18.8. The van der Waals surface area contributed by atoms with Crippen molar-refractivity contribution in [2.24, 2.45) is 0 Å². The minimum atomic E-state index is -3.46. The Labute approximate surface area is 155 Å². The van der Waals surface area contributed by atoms with Crippen molar-refractivity contribution in [3.63, 3.8) is 0 Å². The number of hydrogen-bond donors (Lipinski definition) is 3. The number of nitrogens with one attached hydrogen (secondary N) is 3. The lowest BCUT2D eigenvalue weighted by Crippen LogP contribution is -2.39. The van der Waals surface area contributed by atoms with Gasteiger partial charge in [0.15, 0.2) is 0 Å². The molecule has 0 radical (unpaired) electrons. The highest BCUT2D eigenvalue weighted by molar-refractivity contribution is 7.91. The van der Waals surface area contributed by atoms with Crippen LogP contribution in [-0.2, 0) is 22.0 Å². The van der Waals surface area contributed by atoms with E-state index in [0.717, 1.165) is 34.6 Å². The number of rotatable bonds is 7. The highest BCUT2D eigenvalue weighted by atomic mass is 32.2. The Bertz CT molecular complexity index is 890. The van der Waals surface area contributed by atoms with Gasteiger partial charge in [0.25, 0.3) is 0 Å². The zero-order valence-electron chi connectivity index (χ0n) is 14.2. The van der Waals surface area contributed by atoms with Crippen LogP contribution in [0.1, 0.15) is 23.3 Å². The molecule has 0 bridgehead atoms. The molecule has 6 nitrogen and oxygen atoms in total. The molecule has 1 fully saturated rings. The number of carbonyl (C=O) groups is 1. The highest BCUT2D eigenvalue weighted by Gasteiger charge is 2.44. The van der Waals surface area contributed by atoms with E-state index < -0.39 is 10.0 Å². The van der Waals surface area contributed by atoms with Crippen molar-refractivity contribution in [2.75, 3.05) is 13.6 Å². The number of benzene rings is 1. The maximum Gasteiger partial charge on any atom is 0.315 e. The first-order valence-electron chi connectivity index (χ1n) is 8.15. The Kier molecular flexibility index (Phi) is 5.31. The Morgan fingerprint density at radius 2 is 1.85 bits per heavy atom. The summed E-state index contributed by atoms with van der Waals surface area (Å²) >= 11 is 1.11. The molecule has 26 heavy (non-hydrogen) atoms. The van der Waals surface area contributed by atoms with Gasteiger partial charge in [-0.15, -0.1) is 11.3 Å². The van der Waals surface area contributed by atoms with Crippen LogP contribution in [0.5, 0.6) is 0 Å². The molecular weight excluding hydrogens is 377 g/mol. The fourth-order valence-corrected chi connectivity index (χ4v) is 4.83. The van der Waals surface area contributed by atoms with Gasteiger partial charge >= 0.3 is 6.03 Å². The molecule has 1 heterocycles. The summed E-state index contributed by atoms with van der Waals surface area (Å²) in [4.78, 5) is 12.8. The van der Waals surface area contributed by atoms with Crippen molar-refractivity contribution in [3.8, 4) is 0 Å². The predicted octanol–water partition coefficient (Wildman–Crippen LogP) is 2.33. The van der Waals surface area contributed by atoms with Crippen molar-refractivity contribution >= 4 is 27.4 Å². The lowest BCUT2D eigenvalue weighted by molar-refractivity contribution is 0.239. The van der Waals surface area contributed by atoms with E-state index in [1.165, 1.54) is 25.2 Å². The van der Waals surface area contributed by atoms with Gasteiger partial charge in [-0.3, -0.25) is 0 Å². The molecule has 2 aromatic rings. The van der Waals surface area contributed by atoms with E-state index in [2.05, 4.69) is 15.4 Å². The van der Waals surface area contributed by atoms with Crippen molar-refractivity contribution in [3.05, 3.63) is 52.7 Å². The Morgan fingerprint density at radius 1 is 1.15 bits per heavy atom. The van der Waals surface area contributed by atoms with Gasteiger partial charge in [-0.1, -0.05) is 12.1 Å². The number of halogens is 1. The summed E-state index contributed by atoms with van der Waals surface area (Å²) in [5.41, 5.74) is 0.918. The molecule has 1 aromatic carbocycles. The van der Waals surface area contributed by atoms with Gasteiger partial charge in [-0.25, -0.2) is 22.3 Å². The summed E-state index contributed by atoms with van der Waals surface area (Å²) in [6, 6.07) is 9.26. The fraction of sp³-hybridized carbons (Fsp3) is 0.353. The van der Waals surface area contributed by atoms with Gasteiger partial charge in [0.1, 0.15) is 10.0 Å². The zero-order valence-corrected chi connectivity index (χ0v) is 15.8. The van der Waals surface area contributed by atoms with Crippen molar-refractivity contribution in [1.82, 2.24) is 15.4 Å². The summed E-state index contributed by atoms with van der Waals surface area (Å²) in [5.74, 6) is -0.272. The molecule has 0 spiro atoms. The van der Waals surface area contributed by atoms with Crippen LogP contribution in [0, 0.1) is 5.82 Å². The van der Waals surface area contributed by atoms with E-state index in [9.17, 15) is 17.6 Å². The topological polar surface area (TPSA) is 87.3 Å². The Morgan fingerprint density at radius 3 is 2.46 bits per heavy atom. The average Bonchev–Trinajstić information content (AvgIpc) is 3.26. The molecule has 1 aliphatic rings. The van der Waals surface area contributed by atoms with Crippen LogP contribution in [-0.4, -0.2) is 28.0 Å². The number of hydrogen-bond acceptors (Lipinski definition) is 4. The predicted molar refractivity (Wildman–Crippen MR) is 98.1 cm³/mol. The second-order valence-electron chi connectivity index (χ2n) is 6.25. The van der Waals surface area contributed by atoms with Crippen LogP contribution in [0.2, 0.25) is 0 Å². The second-order valence-corrected chi connectivity index (χ2v) is 9.53. The number of urea groups is 1. The molecule has 1 saturated carbocycles. The molecule has 1 aromatic heterocycles. The van der Waals surface area contributed by atoms with E-state index >= 15 is 0 Å². The third-order valence-corrected chi connectivity index (χ3v) is 7.48. The van der Waals surface area contributed by atoms with Gasteiger partial charge < -0.3 is 10.6 Å². The van der Waals surface area contributed by atoms with Crippen LogP contribution in [0.25, 0.3) is 0 Å². The number of carbonyl (C=O) groups excluding carboxylic acids is 1. The van der Waals surface area contributed by atoms with Crippen LogP contribution in [0.15, 0.2) is 40.6 Å². The third kappa shape index (κ3) is 4.22. The lowest BCUT2D eigenvalue weighted by atomic mass is 9.96. The van der Waals surface area contributed by atoms with Gasteiger partial charge in [0.05, 0.1) is 6.54 Å². The van der Waals surface area contributed by atoms with Crippen LogP contribution >= 0.6 is 11.3 Å². The van der Waals surface area contributed by atoms with Gasteiger partial charge in [0, 0.05) is 16.8 Å². The molecule has 9 heteroatoms. The maximum absolute atomic E-state index is 13.0. The van der Waals surface area contributed by atoms with Gasteiger partial charge in [-0.2, -0.15) is 0 Å². The van der Waals surface area contributed by atoms with E-state index in [0.29, 0.717) is 6.54 Å². The average molecular weight is 397 g/mol. The summed E-state index contributed by atoms with van der Waals surface area (Å²) in [6.07, 6.45) is 1.91. The van der Waals surface area contributed by atoms with Crippen molar-refractivity contribution < 1.29 is 17.6 Å². The molecule has 3 N–H and O–H groups in total. The number of sulfonamides is 1. The molecule has 1 aliphatic carbocycles. The van der Waals surface area contributed by atoms with Crippen LogP contribution in [0.4, 0.5) is 9.18 Å². The smallest absolute Gasteiger partial charge is 0.315 e. The number of amides is 2. The van der Waals surface area contributed by atoms with Crippen LogP contribution < -0.4 is 15.4 Å². The molecule has 0 saturated heterocycles. The van der Waals surface area contributed by atoms with Crippen molar-refractivity contribution in [2.45, 2.75) is 29.0 Å². The maximum atomic E-state index is 13.0. The molecule has 0 unspecified atom stereocenters. The van der Waals surface area contributed by atoms with Gasteiger partial charge in [0.2, 0.25) is 10.0 Å². The van der Waals surface area contributed by atoms with Crippen LogP contribution in [0.3, 0.4) is 0 Å². The minimum Gasteiger partial charge on any atom is -0.337 e. The molecule has 140 valence electrons. The third-order valence-electron chi connectivity index (χ3n) is 4.49. The summed E-state index contributed by atoms with van der Waals surface area (Å²) < 4.78 is 38.9. The first-order chi connectivity index (χ1) is 12.3. The number of thiophene rings is 1. The van der Waals surface area contributed by atoms with E-state index in [1.807, 2.05) is 0 Å². The first kappa shape index (κ1) is 18.8. The molecule has 0 atom stereocenters. The van der Waals surface area contributed by atoms with Crippen molar-refractivity contribution in [1.29, 1.82) is 0 Å². The quantitative estimate of drug-likeness (QED) is 0.670. The highest BCUT2D eigenvalue weighted by Crippen LogP contribution is 2.47. The largest absolute Gasteiger partial charge is 0.337 e. The first-order valence-corrected chi connectivity index (χ1v) is 10.4. The second kappa shape index (κ2) is 7.34.